The molecule has 1 aromatic carbocycles. The van der Waals surface area contributed by atoms with E-state index in [1.165, 1.54) is 19.1 Å². The van der Waals surface area contributed by atoms with Crippen LogP contribution in [0.4, 0.5) is 8.78 Å². The summed E-state index contributed by atoms with van der Waals surface area (Å²) < 4.78 is 32.2. The number of hydrogen-bond acceptors (Lipinski definition) is 3. The lowest BCUT2D eigenvalue weighted by Crippen LogP contribution is -2.32. The van der Waals surface area contributed by atoms with Crippen molar-refractivity contribution in [2.75, 3.05) is 18.1 Å². The highest BCUT2D eigenvalue weighted by Crippen LogP contribution is 2.21. The maximum Gasteiger partial charge on any atom is 0.195 e. The highest BCUT2D eigenvalue weighted by Gasteiger charge is 2.27. The number of carbonyl (C=O) groups is 1. The molecule has 0 spiro atoms. The average molecular weight is 258 g/mol. The summed E-state index contributed by atoms with van der Waals surface area (Å²) >= 11 is 1.58. The van der Waals surface area contributed by atoms with E-state index in [0.29, 0.717) is 12.4 Å². The van der Waals surface area contributed by atoms with Crippen LogP contribution >= 0.6 is 11.8 Å². The Bertz CT molecular complexity index is 442. The molecule has 1 aromatic rings. The van der Waals surface area contributed by atoms with E-state index in [0.717, 1.165) is 5.75 Å². The second-order valence-electron chi connectivity index (χ2n) is 3.86. The zero-order valence-electron chi connectivity index (χ0n) is 9.33. The molecule has 0 bridgehead atoms. The quantitative estimate of drug-likeness (QED) is 0.763. The van der Waals surface area contributed by atoms with Crippen LogP contribution in [0.15, 0.2) is 12.1 Å². The topological polar surface area (TPSA) is 26.3 Å². The Hall–Kier alpha value is -0.940. The molecule has 1 unspecified atom stereocenters. The van der Waals surface area contributed by atoms with E-state index in [4.69, 9.17) is 4.74 Å². The molecule has 1 atom stereocenters. The van der Waals surface area contributed by atoms with E-state index in [-0.39, 0.29) is 11.1 Å². The summed E-state index contributed by atoms with van der Waals surface area (Å²) in [5.74, 6) is -1.19. The first-order chi connectivity index (χ1) is 8.11. The van der Waals surface area contributed by atoms with Gasteiger partial charge >= 0.3 is 0 Å². The highest BCUT2D eigenvalue weighted by atomic mass is 32.2. The summed E-state index contributed by atoms with van der Waals surface area (Å²) in [6, 6.07) is 2.72. The molecule has 2 rings (SSSR count). The van der Waals surface area contributed by atoms with Crippen molar-refractivity contribution in [2.24, 2.45) is 0 Å². The van der Waals surface area contributed by atoms with Crippen molar-refractivity contribution in [2.45, 2.75) is 13.0 Å². The van der Waals surface area contributed by atoms with Gasteiger partial charge in [-0.05, 0) is 18.6 Å². The number of carbonyl (C=O) groups excluding carboxylic acids is 1. The minimum atomic E-state index is -1.07. The van der Waals surface area contributed by atoms with Gasteiger partial charge in [-0.15, -0.1) is 0 Å². The third-order valence-corrected chi connectivity index (χ3v) is 3.64. The van der Waals surface area contributed by atoms with Crippen molar-refractivity contribution in [1.29, 1.82) is 0 Å². The van der Waals surface area contributed by atoms with Gasteiger partial charge < -0.3 is 4.74 Å². The maximum absolute atomic E-state index is 13.6. The van der Waals surface area contributed by atoms with Crippen LogP contribution in [0.2, 0.25) is 0 Å². The number of halogens is 2. The first kappa shape index (κ1) is 12.5. The van der Waals surface area contributed by atoms with Crippen LogP contribution in [0.3, 0.4) is 0 Å². The molecule has 1 aliphatic rings. The predicted octanol–water partition coefficient (Wildman–Crippen LogP) is 2.59. The van der Waals surface area contributed by atoms with Crippen LogP contribution in [0.25, 0.3) is 0 Å². The van der Waals surface area contributed by atoms with Crippen LogP contribution in [0.1, 0.15) is 15.9 Å². The second-order valence-corrected chi connectivity index (χ2v) is 5.01. The van der Waals surface area contributed by atoms with Gasteiger partial charge in [0.05, 0.1) is 12.2 Å². The van der Waals surface area contributed by atoms with Crippen LogP contribution in [0.5, 0.6) is 0 Å². The van der Waals surface area contributed by atoms with Gasteiger partial charge in [0.25, 0.3) is 0 Å². The molecular weight excluding hydrogens is 246 g/mol. The molecule has 0 aromatic heterocycles. The third kappa shape index (κ3) is 2.50. The van der Waals surface area contributed by atoms with Crippen LogP contribution in [-0.4, -0.2) is 30.0 Å². The Morgan fingerprint density at radius 1 is 1.41 bits per heavy atom. The van der Waals surface area contributed by atoms with Crippen molar-refractivity contribution in [3.63, 3.8) is 0 Å². The smallest absolute Gasteiger partial charge is 0.195 e. The molecule has 2 nitrogen and oxygen atoms in total. The van der Waals surface area contributed by atoms with Gasteiger partial charge in [-0.1, -0.05) is 6.07 Å². The van der Waals surface area contributed by atoms with Gasteiger partial charge in [-0.2, -0.15) is 11.8 Å². The molecule has 1 saturated heterocycles. The lowest BCUT2D eigenvalue weighted by molar-refractivity contribution is 0.0514. The summed E-state index contributed by atoms with van der Waals surface area (Å²) in [7, 11) is 0. The normalized spacial score (nSPS) is 20.3. The van der Waals surface area contributed by atoms with E-state index in [1.54, 1.807) is 11.8 Å². The number of benzene rings is 1. The number of ether oxygens (including phenoxy) is 1. The number of rotatable bonds is 2. The minimum absolute atomic E-state index is 0.193. The van der Waals surface area contributed by atoms with Gasteiger partial charge in [-0.3, -0.25) is 4.79 Å². The van der Waals surface area contributed by atoms with Gasteiger partial charge in [0.1, 0.15) is 6.10 Å². The molecule has 1 heterocycles. The van der Waals surface area contributed by atoms with Gasteiger partial charge in [0, 0.05) is 11.5 Å². The standard InChI is InChI=1S/C12H12F2O2S/c1-7-2-3-8(11(14)10(7)13)12(15)9-6-17-5-4-16-9/h2-3,9H,4-6H2,1H3. The Kier molecular flexibility index (Phi) is 3.79. The van der Waals surface area contributed by atoms with Crippen LogP contribution in [0, 0.1) is 18.6 Å². The highest BCUT2D eigenvalue weighted by molar-refractivity contribution is 7.99. The third-order valence-electron chi connectivity index (χ3n) is 2.65. The van der Waals surface area contributed by atoms with E-state index in [2.05, 4.69) is 0 Å². The first-order valence-electron chi connectivity index (χ1n) is 5.29. The van der Waals surface area contributed by atoms with E-state index in [1.807, 2.05) is 0 Å². The molecule has 0 saturated carbocycles. The van der Waals surface area contributed by atoms with Crippen molar-refractivity contribution in [1.82, 2.24) is 0 Å². The Morgan fingerprint density at radius 2 is 2.18 bits per heavy atom. The number of aryl methyl sites for hydroxylation is 1. The SMILES string of the molecule is Cc1ccc(C(=O)C2CSCCO2)c(F)c1F. The zero-order valence-corrected chi connectivity index (χ0v) is 10.2. The fraction of sp³-hybridized carbons (Fsp3) is 0.417. The average Bonchev–Trinajstić information content (AvgIpc) is 2.36. The zero-order chi connectivity index (χ0) is 12.4. The fourth-order valence-corrected chi connectivity index (χ4v) is 2.49. The number of thioether (sulfide) groups is 1. The Labute approximate surface area is 102 Å². The minimum Gasteiger partial charge on any atom is -0.368 e. The Morgan fingerprint density at radius 3 is 2.82 bits per heavy atom. The van der Waals surface area contributed by atoms with E-state index in [9.17, 15) is 13.6 Å². The largest absolute Gasteiger partial charge is 0.368 e. The van der Waals surface area contributed by atoms with Crippen LogP contribution in [-0.2, 0) is 4.74 Å². The summed E-state index contributed by atoms with van der Waals surface area (Å²) in [6.07, 6.45) is -0.662. The van der Waals surface area contributed by atoms with E-state index < -0.39 is 23.5 Å². The van der Waals surface area contributed by atoms with Gasteiger partial charge in [0.15, 0.2) is 17.4 Å². The molecule has 0 N–H and O–H groups in total. The monoisotopic (exact) mass is 258 g/mol. The van der Waals surface area contributed by atoms with Crippen molar-refractivity contribution < 1.29 is 18.3 Å². The molecule has 0 radical (unpaired) electrons. The van der Waals surface area contributed by atoms with Crippen molar-refractivity contribution >= 4 is 17.5 Å². The summed E-state index contributed by atoms with van der Waals surface area (Å²) in [4.78, 5) is 11.9. The molecule has 92 valence electrons. The van der Waals surface area contributed by atoms with Gasteiger partial charge in [-0.25, -0.2) is 8.78 Å². The fourth-order valence-electron chi connectivity index (χ4n) is 1.65. The summed E-state index contributed by atoms with van der Waals surface area (Å²) in [5.41, 5.74) is -0.0291. The Balaban J connectivity index is 2.27. The first-order valence-corrected chi connectivity index (χ1v) is 6.45. The predicted molar refractivity (Wildman–Crippen MR) is 62.5 cm³/mol. The molecule has 0 aliphatic carbocycles. The molecular formula is C12H12F2O2S. The molecule has 0 amide bonds. The summed E-state index contributed by atoms with van der Waals surface area (Å²) in [6.45, 7) is 1.93. The van der Waals surface area contributed by atoms with Gasteiger partial charge in [0.2, 0.25) is 0 Å². The molecule has 1 aliphatic heterocycles. The summed E-state index contributed by atoms with van der Waals surface area (Å²) in [5, 5.41) is 0. The molecule has 5 heteroatoms. The number of hydrogen-bond donors (Lipinski definition) is 0. The number of ketones is 1. The lowest BCUT2D eigenvalue weighted by Gasteiger charge is -2.21. The van der Waals surface area contributed by atoms with Crippen LogP contribution < -0.4 is 0 Å². The molecule has 1 fully saturated rings. The van der Waals surface area contributed by atoms with Crippen molar-refractivity contribution in [3.05, 3.63) is 34.9 Å². The maximum atomic E-state index is 13.6. The molecule has 17 heavy (non-hydrogen) atoms. The lowest BCUT2D eigenvalue weighted by atomic mass is 10.0. The van der Waals surface area contributed by atoms with Crippen molar-refractivity contribution in [3.8, 4) is 0 Å². The van der Waals surface area contributed by atoms with E-state index >= 15 is 0 Å². The second kappa shape index (κ2) is 5.14. The number of Topliss-reactive ketones (excluding diaryl/α,β-unsaturated/α-hetero) is 1.